The minimum absolute atomic E-state index is 0.0732. The van der Waals surface area contributed by atoms with Crippen LogP contribution in [0.2, 0.25) is 0 Å². The first-order valence-electron chi connectivity index (χ1n) is 11.0. The maximum atomic E-state index is 15.6. The lowest BCUT2D eigenvalue weighted by atomic mass is 10.0. The van der Waals surface area contributed by atoms with E-state index in [1.54, 1.807) is 12.1 Å². The lowest BCUT2D eigenvalue weighted by molar-refractivity contribution is 0.476. The summed E-state index contributed by atoms with van der Waals surface area (Å²) in [7, 11) is 0. The summed E-state index contributed by atoms with van der Waals surface area (Å²) >= 11 is 0. The third kappa shape index (κ3) is 4.08. The molecule has 0 saturated heterocycles. The summed E-state index contributed by atoms with van der Waals surface area (Å²) in [6.45, 7) is 3.58. The summed E-state index contributed by atoms with van der Waals surface area (Å²) in [6.07, 6.45) is 3.63. The molecule has 1 aliphatic rings. The van der Waals surface area contributed by atoms with Crippen molar-refractivity contribution >= 4 is 10.9 Å². The van der Waals surface area contributed by atoms with Crippen molar-refractivity contribution in [2.75, 3.05) is 6.54 Å². The van der Waals surface area contributed by atoms with Crippen LogP contribution in [0.25, 0.3) is 22.2 Å². The van der Waals surface area contributed by atoms with Crippen molar-refractivity contribution in [3.8, 4) is 17.0 Å². The molecule has 0 unspecified atom stereocenters. The van der Waals surface area contributed by atoms with E-state index in [-0.39, 0.29) is 11.6 Å². The predicted octanol–water partition coefficient (Wildman–Crippen LogP) is 5.80. The molecule has 2 N–H and O–H groups in total. The zero-order valence-electron chi connectivity index (χ0n) is 17.7. The molecule has 3 nitrogen and oxygen atoms in total. The number of rotatable bonds is 7. The summed E-state index contributed by atoms with van der Waals surface area (Å²) in [5.74, 6) is -0.216. The minimum Gasteiger partial charge on any atom is -0.508 e. The van der Waals surface area contributed by atoms with E-state index in [0.29, 0.717) is 17.6 Å². The van der Waals surface area contributed by atoms with Gasteiger partial charge < -0.3 is 15.0 Å². The highest BCUT2D eigenvalue weighted by molar-refractivity contribution is 5.89. The molecule has 1 heterocycles. The van der Waals surface area contributed by atoms with Gasteiger partial charge in [-0.25, -0.2) is 4.39 Å². The number of nitrogens with zero attached hydrogens (tertiary/aromatic N) is 1. The highest BCUT2D eigenvalue weighted by Gasteiger charge is 2.21. The molecule has 4 aromatic rings. The average molecular weight is 415 g/mol. The Morgan fingerprint density at radius 1 is 1.00 bits per heavy atom. The molecule has 1 fully saturated rings. The van der Waals surface area contributed by atoms with Crippen LogP contribution in [0.15, 0.2) is 66.7 Å². The van der Waals surface area contributed by atoms with Gasteiger partial charge in [0.25, 0.3) is 0 Å². The van der Waals surface area contributed by atoms with Crippen LogP contribution in [0, 0.1) is 12.7 Å². The van der Waals surface area contributed by atoms with Crippen LogP contribution >= 0.6 is 0 Å². The first kappa shape index (κ1) is 19.8. The number of aryl methyl sites for hydroxylation is 1. The van der Waals surface area contributed by atoms with E-state index in [2.05, 4.69) is 29.6 Å². The topological polar surface area (TPSA) is 37.2 Å². The lowest BCUT2D eigenvalue weighted by Gasteiger charge is -2.13. The van der Waals surface area contributed by atoms with E-state index in [4.69, 9.17) is 0 Å². The zero-order chi connectivity index (χ0) is 21.4. The van der Waals surface area contributed by atoms with Gasteiger partial charge in [-0.1, -0.05) is 48.5 Å². The number of hydrogen-bond donors (Lipinski definition) is 2. The predicted molar refractivity (Wildman–Crippen MR) is 124 cm³/mol. The highest BCUT2D eigenvalue weighted by atomic mass is 19.1. The number of aromatic nitrogens is 1. The molecule has 1 aromatic heterocycles. The second kappa shape index (κ2) is 8.20. The standard InChI is InChI=1S/C27H27FN2O/c1-18-4-2-3-5-23(18)27-26(28)24-16-22(31)12-13-25(24)30(27)17-20-8-6-19(7-9-20)14-15-29-21-10-11-21/h2-9,12-13,16,21,29,31H,10-11,14-15,17H2,1H3. The largest absolute Gasteiger partial charge is 0.508 e. The third-order valence-electron chi connectivity index (χ3n) is 6.17. The van der Waals surface area contributed by atoms with Gasteiger partial charge in [0.2, 0.25) is 0 Å². The first-order chi connectivity index (χ1) is 15.1. The lowest BCUT2D eigenvalue weighted by Crippen LogP contribution is -2.19. The number of phenolic OH excluding ortho intramolecular Hbond substituents is 1. The molecule has 4 heteroatoms. The van der Waals surface area contributed by atoms with E-state index in [0.717, 1.165) is 41.2 Å². The van der Waals surface area contributed by atoms with Crippen LogP contribution < -0.4 is 5.32 Å². The maximum Gasteiger partial charge on any atom is 0.156 e. The van der Waals surface area contributed by atoms with Gasteiger partial charge >= 0.3 is 0 Å². The van der Waals surface area contributed by atoms with Crippen molar-refractivity contribution < 1.29 is 9.50 Å². The molecule has 5 rings (SSSR count). The summed E-state index contributed by atoms with van der Waals surface area (Å²) in [4.78, 5) is 0. The Morgan fingerprint density at radius 2 is 1.74 bits per heavy atom. The Balaban J connectivity index is 1.50. The minimum atomic E-state index is -0.289. The molecule has 0 amide bonds. The van der Waals surface area contributed by atoms with Gasteiger partial charge in [0, 0.05) is 23.5 Å². The van der Waals surface area contributed by atoms with Crippen LogP contribution in [0.1, 0.15) is 29.5 Å². The second-order valence-electron chi connectivity index (χ2n) is 8.56. The SMILES string of the molecule is Cc1ccccc1-c1c(F)c2cc(O)ccc2n1Cc1ccc(CCNC2CC2)cc1. The molecule has 1 aliphatic carbocycles. The van der Waals surface area contributed by atoms with Crippen LogP contribution in [0.3, 0.4) is 0 Å². The van der Waals surface area contributed by atoms with E-state index in [1.165, 1.54) is 24.5 Å². The van der Waals surface area contributed by atoms with E-state index < -0.39 is 0 Å². The van der Waals surface area contributed by atoms with E-state index >= 15 is 4.39 Å². The molecule has 31 heavy (non-hydrogen) atoms. The summed E-state index contributed by atoms with van der Waals surface area (Å²) in [5.41, 5.74) is 5.68. The van der Waals surface area contributed by atoms with Crippen molar-refractivity contribution in [1.29, 1.82) is 0 Å². The fourth-order valence-corrected chi connectivity index (χ4v) is 4.27. The summed E-state index contributed by atoms with van der Waals surface area (Å²) in [5, 5.41) is 13.9. The number of nitrogens with one attached hydrogen (secondary N) is 1. The van der Waals surface area contributed by atoms with Gasteiger partial charge in [-0.15, -0.1) is 0 Å². The Hall–Kier alpha value is -3.11. The quantitative estimate of drug-likeness (QED) is 0.401. The second-order valence-corrected chi connectivity index (χ2v) is 8.56. The van der Waals surface area contributed by atoms with E-state index in [1.807, 2.05) is 35.8 Å². The molecule has 0 spiro atoms. The van der Waals surface area contributed by atoms with Crippen LogP contribution in [0.4, 0.5) is 4.39 Å². The van der Waals surface area contributed by atoms with Gasteiger partial charge in [0.05, 0.1) is 11.2 Å². The van der Waals surface area contributed by atoms with Crippen LogP contribution in [0.5, 0.6) is 5.75 Å². The van der Waals surface area contributed by atoms with Crippen LogP contribution in [-0.2, 0) is 13.0 Å². The average Bonchev–Trinajstić information content (AvgIpc) is 3.56. The van der Waals surface area contributed by atoms with Gasteiger partial charge in [-0.05, 0) is 67.6 Å². The zero-order valence-corrected chi connectivity index (χ0v) is 17.7. The number of hydrogen-bond acceptors (Lipinski definition) is 2. The number of halogens is 1. The Morgan fingerprint density at radius 3 is 2.48 bits per heavy atom. The summed E-state index contributed by atoms with van der Waals surface area (Å²) in [6, 6.07) is 22.1. The van der Waals surface area contributed by atoms with Gasteiger partial charge in [-0.3, -0.25) is 0 Å². The van der Waals surface area contributed by atoms with Crippen LogP contribution in [-0.4, -0.2) is 22.3 Å². The molecule has 0 atom stereocenters. The van der Waals surface area contributed by atoms with Crippen molar-refractivity contribution in [1.82, 2.24) is 9.88 Å². The maximum absolute atomic E-state index is 15.6. The molecule has 3 aromatic carbocycles. The highest BCUT2D eigenvalue weighted by Crippen LogP contribution is 2.36. The van der Waals surface area contributed by atoms with E-state index in [9.17, 15) is 5.11 Å². The van der Waals surface area contributed by atoms with Gasteiger partial charge in [-0.2, -0.15) is 0 Å². The van der Waals surface area contributed by atoms with Crippen molar-refractivity contribution in [3.63, 3.8) is 0 Å². The molecular formula is C27H27FN2O. The fourth-order valence-electron chi connectivity index (χ4n) is 4.27. The third-order valence-corrected chi connectivity index (χ3v) is 6.17. The fraction of sp³-hybridized carbons (Fsp3) is 0.259. The number of fused-ring (bicyclic) bond motifs is 1. The summed E-state index contributed by atoms with van der Waals surface area (Å²) < 4.78 is 17.6. The van der Waals surface area contributed by atoms with Gasteiger partial charge in [0.1, 0.15) is 5.75 Å². The monoisotopic (exact) mass is 414 g/mol. The molecule has 0 bridgehead atoms. The molecule has 1 saturated carbocycles. The molecule has 158 valence electrons. The van der Waals surface area contributed by atoms with Gasteiger partial charge in [0.15, 0.2) is 5.82 Å². The Bertz CT molecular complexity index is 1220. The molecule has 0 aliphatic heterocycles. The van der Waals surface area contributed by atoms with Crippen molar-refractivity contribution in [2.45, 2.75) is 38.8 Å². The number of aromatic hydroxyl groups is 1. The number of benzene rings is 3. The smallest absolute Gasteiger partial charge is 0.156 e. The first-order valence-corrected chi connectivity index (χ1v) is 11.0. The Kier molecular flexibility index (Phi) is 5.24. The van der Waals surface area contributed by atoms with Crippen molar-refractivity contribution in [3.05, 3.63) is 89.2 Å². The normalized spacial score (nSPS) is 13.7. The van der Waals surface area contributed by atoms with Crippen molar-refractivity contribution in [2.24, 2.45) is 0 Å². The molecular weight excluding hydrogens is 387 g/mol. The number of phenols is 1. The molecule has 0 radical (unpaired) electrons. The Labute approximate surface area is 182 Å².